The zero-order chi connectivity index (χ0) is 15.3. The molecular formula is C16H19F3N2. The zero-order valence-corrected chi connectivity index (χ0v) is 11.8. The standard InChI is InChI=1S/C16H19F3N2/c17-16(18,19)14-10-12(11-20)8-9-15(14)21-13-6-4-2-1-3-5-7-13/h8-10,13,21H,1-7H2. The van der Waals surface area contributed by atoms with Crippen molar-refractivity contribution in [3.05, 3.63) is 29.3 Å². The van der Waals surface area contributed by atoms with Crippen molar-refractivity contribution in [3.63, 3.8) is 0 Å². The number of nitrogens with zero attached hydrogens (tertiary/aromatic N) is 1. The van der Waals surface area contributed by atoms with E-state index in [9.17, 15) is 13.2 Å². The topological polar surface area (TPSA) is 35.8 Å². The predicted octanol–water partition coefficient (Wildman–Crippen LogP) is 5.10. The van der Waals surface area contributed by atoms with Gasteiger partial charge in [-0.2, -0.15) is 18.4 Å². The lowest BCUT2D eigenvalue weighted by molar-refractivity contribution is -0.137. The fraction of sp³-hybridized carbons (Fsp3) is 0.562. The molecule has 1 N–H and O–H groups in total. The third-order valence-corrected chi connectivity index (χ3v) is 3.92. The van der Waals surface area contributed by atoms with Gasteiger partial charge in [-0.3, -0.25) is 0 Å². The van der Waals surface area contributed by atoms with Gasteiger partial charge in [-0.15, -0.1) is 0 Å². The van der Waals surface area contributed by atoms with Gasteiger partial charge in [-0.1, -0.05) is 32.1 Å². The summed E-state index contributed by atoms with van der Waals surface area (Å²) in [6.07, 6.45) is 2.97. The molecule has 0 aromatic heterocycles. The highest BCUT2D eigenvalue weighted by Crippen LogP contribution is 2.36. The molecule has 0 amide bonds. The van der Waals surface area contributed by atoms with Crippen LogP contribution in [0, 0.1) is 11.3 Å². The smallest absolute Gasteiger partial charge is 0.382 e. The Hall–Kier alpha value is -1.70. The van der Waals surface area contributed by atoms with Gasteiger partial charge in [0.1, 0.15) is 0 Å². The van der Waals surface area contributed by atoms with Crippen molar-refractivity contribution in [2.45, 2.75) is 57.2 Å². The second-order valence-electron chi connectivity index (χ2n) is 5.56. The number of rotatable bonds is 2. The molecule has 0 spiro atoms. The molecule has 0 aliphatic heterocycles. The second-order valence-corrected chi connectivity index (χ2v) is 5.56. The Balaban J connectivity index is 2.20. The van der Waals surface area contributed by atoms with Crippen molar-refractivity contribution in [2.75, 3.05) is 5.32 Å². The minimum atomic E-state index is -4.45. The lowest BCUT2D eigenvalue weighted by atomic mass is 9.96. The first-order valence-electron chi connectivity index (χ1n) is 7.38. The quantitative estimate of drug-likeness (QED) is 0.824. The third kappa shape index (κ3) is 4.38. The van der Waals surface area contributed by atoms with Crippen molar-refractivity contribution in [1.29, 1.82) is 5.26 Å². The Morgan fingerprint density at radius 2 is 1.67 bits per heavy atom. The number of anilines is 1. The lowest BCUT2D eigenvalue weighted by Crippen LogP contribution is -2.23. The van der Waals surface area contributed by atoms with Crippen LogP contribution in [0.4, 0.5) is 18.9 Å². The predicted molar refractivity (Wildman–Crippen MR) is 75.9 cm³/mol. The SMILES string of the molecule is N#Cc1ccc(NC2CCCCCCC2)c(C(F)(F)F)c1. The van der Waals surface area contributed by atoms with Crippen LogP contribution in [0.3, 0.4) is 0 Å². The summed E-state index contributed by atoms with van der Waals surface area (Å²) in [4.78, 5) is 0. The summed E-state index contributed by atoms with van der Waals surface area (Å²) in [5.74, 6) is 0. The highest BCUT2D eigenvalue weighted by Gasteiger charge is 2.34. The van der Waals surface area contributed by atoms with Crippen LogP contribution in [0.25, 0.3) is 0 Å². The van der Waals surface area contributed by atoms with Gasteiger partial charge in [-0.05, 0) is 31.0 Å². The van der Waals surface area contributed by atoms with Crippen LogP contribution in [0.2, 0.25) is 0 Å². The van der Waals surface area contributed by atoms with Gasteiger partial charge in [0.25, 0.3) is 0 Å². The molecule has 0 unspecified atom stereocenters. The van der Waals surface area contributed by atoms with E-state index in [2.05, 4.69) is 5.32 Å². The van der Waals surface area contributed by atoms with Gasteiger partial charge in [0.05, 0.1) is 17.2 Å². The molecule has 1 aliphatic rings. The fourth-order valence-electron chi connectivity index (χ4n) is 2.79. The second kappa shape index (κ2) is 6.84. The summed E-state index contributed by atoms with van der Waals surface area (Å²) in [5.41, 5.74) is -0.624. The van der Waals surface area contributed by atoms with Crippen LogP contribution in [0.5, 0.6) is 0 Å². The summed E-state index contributed by atoms with van der Waals surface area (Å²) in [7, 11) is 0. The zero-order valence-electron chi connectivity index (χ0n) is 11.8. The number of nitrogens with one attached hydrogen (secondary N) is 1. The molecular weight excluding hydrogens is 277 g/mol. The van der Waals surface area contributed by atoms with Crippen LogP contribution >= 0.6 is 0 Å². The molecule has 1 aliphatic carbocycles. The van der Waals surface area contributed by atoms with Gasteiger partial charge >= 0.3 is 6.18 Å². The van der Waals surface area contributed by atoms with Gasteiger partial charge in [-0.25, -0.2) is 0 Å². The fourth-order valence-corrected chi connectivity index (χ4v) is 2.79. The summed E-state index contributed by atoms with van der Waals surface area (Å²) in [5, 5.41) is 11.8. The molecule has 0 saturated heterocycles. The first-order chi connectivity index (χ1) is 10.0. The highest BCUT2D eigenvalue weighted by atomic mass is 19.4. The van der Waals surface area contributed by atoms with E-state index >= 15 is 0 Å². The molecule has 114 valence electrons. The van der Waals surface area contributed by atoms with E-state index in [0.29, 0.717) is 0 Å². The number of benzene rings is 1. The van der Waals surface area contributed by atoms with Crippen molar-refractivity contribution in [2.24, 2.45) is 0 Å². The average molecular weight is 296 g/mol. The van der Waals surface area contributed by atoms with Gasteiger partial charge < -0.3 is 5.32 Å². The molecule has 5 heteroatoms. The summed E-state index contributed by atoms with van der Waals surface area (Å²) in [6, 6.07) is 5.57. The van der Waals surface area contributed by atoms with Crippen LogP contribution in [-0.2, 0) is 6.18 Å². The Labute approximate surface area is 123 Å². The third-order valence-electron chi connectivity index (χ3n) is 3.92. The molecule has 0 atom stereocenters. The number of halogens is 3. The van der Waals surface area contributed by atoms with Crippen LogP contribution in [0.15, 0.2) is 18.2 Å². The molecule has 0 radical (unpaired) electrons. The minimum Gasteiger partial charge on any atom is -0.382 e. The lowest BCUT2D eigenvalue weighted by Gasteiger charge is -2.24. The van der Waals surface area contributed by atoms with E-state index in [1.54, 1.807) is 6.07 Å². The van der Waals surface area contributed by atoms with Crippen molar-refractivity contribution < 1.29 is 13.2 Å². The first-order valence-corrected chi connectivity index (χ1v) is 7.38. The van der Waals surface area contributed by atoms with E-state index in [-0.39, 0.29) is 17.3 Å². The van der Waals surface area contributed by atoms with E-state index in [1.165, 1.54) is 18.6 Å². The average Bonchev–Trinajstić information content (AvgIpc) is 2.40. The number of hydrogen-bond donors (Lipinski definition) is 1. The van der Waals surface area contributed by atoms with E-state index < -0.39 is 11.7 Å². The normalized spacial score (nSPS) is 17.6. The van der Waals surface area contributed by atoms with Crippen LogP contribution in [-0.4, -0.2) is 6.04 Å². The summed E-state index contributed by atoms with van der Waals surface area (Å²) in [6.45, 7) is 0. The molecule has 1 aromatic carbocycles. The van der Waals surface area contributed by atoms with Crippen molar-refractivity contribution in [1.82, 2.24) is 0 Å². The molecule has 0 bridgehead atoms. The van der Waals surface area contributed by atoms with E-state index in [0.717, 1.165) is 44.6 Å². The van der Waals surface area contributed by atoms with Crippen LogP contribution in [0.1, 0.15) is 56.1 Å². The van der Waals surface area contributed by atoms with E-state index in [1.807, 2.05) is 0 Å². The maximum atomic E-state index is 13.1. The number of alkyl halides is 3. The van der Waals surface area contributed by atoms with Gasteiger partial charge in [0.2, 0.25) is 0 Å². The van der Waals surface area contributed by atoms with Gasteiger partial charge in [0, 0.05) is 11.7 Å². The van der Waals surface area contributed by atoms with E-state index in [4.69, 9.17) is 5.26 Å². The molecule has 2 nitrogen and oxygen atoms in total. The maximum Gasteiger partial charge on any atom is 0.418 e. The minimum absolute atomic E-state index is 0.0329. The summed E-state index contributed by atoms with van der Waals surface area (Å²) < 4.78 is 39.3. The number of nitriles is 1. The van der Waals surface area contributed by atoms with Crippen LogP contribution < -0.4 is 5.32 Å². The Morgan fingerprint density at radius 3 is 2.24 bits per heavy atom. The maximum absolute atomic E-state index is 13.1. The summed E-state index contributed by atoms with van der Waals surface area (Å²) >= 11 is 0. The highest BCUT2D eigenvalue weighted by molar-refractivity contribution is 5.56. The Kier molecular flexibility index (Phi) is 5.11. The largest absolute Gasteiger partial charge is 0.418 e. The van der Waals surface area contributed by atoms with Crippen molar-refractivity contribution in [3.8, 4) is 6.07 Å². The number of hydrogen-bond acceptors (Lipinski definition) is 2. The van der Waals surface area contributed by atoms with Crippen molar-refractivity contribution >= 4 is 5.69 Å². The molecule has 1 saturated carbocycles. The monoisotopic (exact) mass is 296 g/mol. The molecule has 1 aromatic rings. The Morgan fingerprint density at radius 1 is 1.05 bits per heavy atom. The molecule has 1 fully saturated rings. The first kappa shape index (κ1) is 15.7. The molecule has 2 rings (SSSR count). The van der Waals surface area contributed by atoms with Gasteiger partial charge in [0.15, 0.2) is 0 Å². The Bertz CT molecular complexity index is 509. The molecule has 0 heterocycles. The molecule has 21 heavy (non-hydrogen) atoms.